The molecule has 2 amide bonds. The van der Waals surface area contributed by atoms with Crippen LogP contribution in [-0.4, -0.2) is 35.2 Å². The molecule has 3 rings (SSSR count). The van der Waals surface area contributed by atoms with Crippen LogP contribution in [0.4, 0.5) is 5.13 Å². The van der Waals surface area contributed by atoms with E-state index in [1.165, 1.54) is 11.3 Å². The molecule has 3 aromatic rings. The van der Waals surface area contributed by atoms with Crippen molar-refractivity contribution in [2.24, 2.45) is 5.92 Å². The maximum absolute atomic E-state index is 13.2. The molecular formula is C26H32N4O3S. The third-order valence-corrected chi connectivity index (χ3v) is 6.54. The van der Waals surface area contributed by atoms with Crippen molar-refractivity contribution >= 4 is 28.3 Å². The Morgan fingerprint density at radius 3 is 2.53 bits per heavy atom. The lowest BCUT2D eigenvalue weighted by molar-refractivity contribution is -0.129. The second-order valence-corrected chi connectivity index (χ2v) is 9.11. The fourth-order valence-corrected chi connectivity index (χ4v) is 4.40. The van der Waals surface area contributed by atoms with Gasteiger partial charge < -0.3 is 10.1 Å². The van der Waals surface area contributed by atoms with Crippen LogP contribution < -0.4 is 15.4 Å². The third kappa shape index (κ3) is 7.12. The lowest BCUT2D eigenvalue weighted by Crippen LogP contribution is -2.47. The number of nitrogens with one attached hydrogen (secondary N) is 2. The minimum atomic E-state index is -0.713. The average molecular weight is 481 g/mol. The van der Waals surface area contributed by atoms with Crippen LogP contribution in [0.1, 0.15) is 45.1 Å². The summed E-state index contributed by atoms with van der Waals surface area (Å²) in [5.74, 6) is 0.224. The van der Waals surface area contributed by atoms with Crippen molar-refractivity contribution in [1.82, 2.24) is 15.5 Å². The fraction of sp³-hybridized carbons (Fsp3) is 0.385. The second kappa shape index (κ2) is 12.8. The number of amides is 2. The van der Waals surface area contributed by atoms with E-state index < -0.39 is 6.04 Å². The van der Waals surface area contributed by atoms with E-state index >= 15 is 0 Å². The van der Waals surface area contributed by atoms with Crippen molar-refractivity contribution in [3.05, 3.63) is 60.2 Å². The minimum absolute atomic E-state index is 0.0821. The molecule has 0 fully saturated rings. The van der Waals surface area contributed by atoms with Crippen LogP contribution in [0.25, 0.3) is 10.6 Å². The molecule has 0 aliphatic rings. The summed E-state index contributed by atoms with van der Waals surface area (Å²) in [6.45, 7) is 4.12. The van der Waals surface area contributed by atoms with Crippen molar-refractivity contribution in [3.8, 4) is 16.3 Å². The predicted molar refractivity (Wildman–Crippen MR) is 136 cm³/mol. The van der Waals surface area contributed by atoms with Crippen LogP contribution in [0.5, 0.6) is 5.75 Å². The maximum Gasteiger partial charge on any atom is 0.249 e. The molecule has 2 N–H and O–H groups in total. The molecule has 1 aromatic heterocycles. The molecule has 0 saturated carbocycles. The molecule has 0 aliphatic heterocycles. The van der Waals surface area contributed by atoms with E-state index in [4.69, 9.17) is 4.74 Å². The molecule has 0 spiro atoms. The number of carbonyl (C=O) groups excluding carboxylic acids is 2. The highest BCUT2D eigenvalue weighted by Crippen LogP contribution is 2.29. The highest BCUT2D eigenvalue weighted by Gasteiger charge is 2.26. The Bertz CT molecular complexity index is 1070. The molecule has 0 saturated heterocycles. The first-order chi connectivity index (χ1) is 16.5. The first-order valence-corrected chi connectivity index (χ1v) is 12.5. The maximum atomic E-state index is 13.2. The predicted octanol–water partition coefficient (Wildman–Crippen LogP) is 5.10. The normalized spacial score (nSPS) is 12.6. The van der Waals surface area contributed by atoms with Gasteiger partial charge in [-0.1, -0.05) is 80.5 Å². The molecule has 0 radical (unpaired) electrons. The van der Waals surface area contributed by atoms with Crippen LogP contribution in [-0.2, 0) is 16.0 Å². The molecule has 180 valence electrons. The van der Waals surface area contributed by atoms with Crippen LogP contribution in [0.15, 0.2) is 54.6 Å². The molecule has 1 heterocycles. The van der Waals surface area contributed by atoms with Gasteiger partial charge in [0, 0.05) is 17.9 Å². The number of unbranched alkanes of at least 4 members (excludes halogenated alkanes) is 1. The number of carbonyl (C=O) groups is 2. The first kappa shape index (κ1) is 25.4. The van der Waals surface area contributed by atoms with Crippen LogP contribution in [0.3, 0.4) is 0 Å². The van der Waals surface area contributed by atoms with Crippen molar-refractivity contribution in [2.45, 2.75) is 52.0 Å². The van der Waals surface area contributed by atoms with Gasteiger partial charge in [0.05, 0.1) is 7.11 Å². The molecule has 34 heavy (non-hydrogen) atoms. The lowest BCUT2D eigenvalue weighted by atomic mass is 9.97. The zero-order valence-electron chi connectivity index (χ0n) is 19.9. The van der Waals surface area contributed by atoms with E-state index in [0.717, 1.165) is 42.6 Å². The van der Waals surface area contributed by atoms with Gasteiger partial charge in [0.25, 0.3) is 0 Å². The summed E-state index contributed by atoms with van der Waals surface area (Å²) in [5, 5.41) is 15.2. The number of rotatable bonds is 12. The smallest absolute Gasteiger partial charge is 0.249 e. The first-order valence-electron chi connectivity index (χ1n) is 11.7. The Hall–Kier alpha value is -3.26. The van der Waals surface area contributed by atoms with E-state index in [9.17, 15) is 9.59 Å². The molecule has 2 atom stereocenters. The van der Waals surface area contributed by atoms with Gasteiger partial charge in [-0.05, 0) is 30.5 Å². The summed E-state index contributed by atoms with van der Waals surface area (Å²) in [7, 11) is 1.61. The molecule has 2 unspecified atom stereocenters. The summed E-state index contributed by atoms with van der Waals surface area (Å²) >= 11 is 1.28. The number of hydrogen-bond acceptors (Lipinski definition) is 6. The van der Waals surface area contributed by atoms with Crippen molar-refractivity contribution in [2.75, 3.05) is 12.4 Å². The third-order valence-electron chi connectivity index (χ3n) is 5.66. The number of benzene rings is 2. The van der Waals surface area contributed by atoms with Crippen molar-refractivity contribution in [1.29, 1.82) is 0 Å². The molecule has 8 heteroatoms. The van der Waals surface area contributed by atoms with E-state index in [2.05, 4.69) is 27.8 Å². The van der Waals surface area contributed by atoms with Gasteiger partial charge in [0.1, 0.15) is 16.8 Å². The minimum Gasteiger partial charge on any atom is -0.497 e. The van der Waals surface area contributed by atoms with E-state index in [1.807, 2.05) is 61.5 Å². The van der Waals surface area contributed by atoms with Crippen molar-refractivity contribution < 1.29 is 14.3 Å². The van der Waals surface area contributed by atoms with Gasteiger partial charge in [-0.3, -0.25) is 14.9 Å². The molecule has 2 aromatic carbocycles. The van der Waals surface area contributed by atoms with Crippen molar-refractivity contribution in [3.63, 3.8) is 0 Å². The van der Waals surface area contributed by atoms with E-state index in [0.29, 0.717) is 16.6 Å². The van der Waals surface area contributed by atoms with Gasteiger partial charge >= 0.3 is 0 Å². The summed E-state index contributed by atoms with van der Waals surface area (Å²) in [6, 6.07) is 16.5. The highest BCUT2D eigenvalue weighted by atomic mass is 32.1. The van der Waals surface area contributed by atoms with E-state index in [-0.39, 0.29) is 17.7 Å². The summed E-state index contributed by atoms with van der Waals surface area (Å²) < 4.78 is 5.27. The van der Waals surface area contributed by atoms with Gasteiger partial charge in [-0.2, -0.15) is 0 Å². The molecule has 0 aliphatic carbocycles. The summed E-state index contributed by atoms with van der Waals surface area (Å²) in [4.78, 5) is 26.2. The number of aromatic nitrogens is 2. The van der Waals surface area contributed by atoms with E-state index in [1.54, 1.807) is 7.11 Å². The number of hydrogen-bond donors (Lipinski definition) is 2. The second-order valence-electron chi connectivity index (χ2n) is 8.13. The Morgan fingerprint density at radius 2 is 1.82 bits per heavy atom. The largest absolute Gasteiger partial charge is 0.497 e. The quantitative estimate of drug-likeness (QED) is 0.376. The van der Waals surface area contributed by atoms with Gasteiger partial charge in [0.15, 0.2) is 0 Å². The monoisotopic (exact) mass is 480 g/mol. The summed E-state index contributed by atoms with van der Waals surface area (Å²) in [5.41, 5.74) is 1.83. The average Bonchev–Trinajstić information content (AvgIpc) is 3.33. The van der Waals surface area contributed by atoms with Crippen LogP contribution in [0, 0.1) is 5.92 Å². The zero-order chi connectivity index (χ0) is 24.3. The van der Waals surface area contributed by atoms with Crippen LogP contribution >= 0.6 is 11.3 Å². The Kier molecular flexibility index (Phi) is 9.58. The summed E-state index contributed by atoms with van der Waals surface area (Å²) in [6.07, 6.45) is 3.97. The zero-order valence-corrected chi connectivity index (χ0v) is 20.7. The number of ether oxygens (including phenoxy) is 1. The lowest BCUT2D eigenvalue weighted by Gasteiger charge is -2.21. The molecule has 0 bridgehead atoms. The topological polar surface area (TPSA) is 93.2 Å². The number of methoxy groups -OCH3 is 1. The van der Waals surface area contributed by atoms with Crippen LogP contribution in [0.2, 0.25) is 0 Å². The number of nitrogens with zero attached hydrogens (tertiary/aromatic N) is 2. The highest BCUT2D eigenvalue weighted by molar-refractivity contribution is 7.18. The van der Waals surface area contributed by atoms with Gasteiger partial charge in [-0.15, -0.1) is 10.2 Å². The Balaban J connectivity index is 1.74. The Morgan fingerprint density at radius 1 is 1.03 bits per heavy atom. The standard InChI is InChI=1S/C26H32N4O3S/c1-4-6-13-19(5-2)23(31)27-22(16-18-11-8-7-9-12-18)24(32)28-26-30-29-25(34-26)20-14-10-15-21(17-20)33-3/h7-12,14-15,17,19,22H,4-6,13,16H2,1-3H3,(H,27,31)(H,28,30,32). The van der Waals surface area contributed by atoms with Gasteiger partial charge in [0.2, 0.25) is 16.9 Å². The Labute approximate surface area is 205 Å². The SMILES string of the molecule is CCCCC(CC)C(=O)NC(Cc1ccccc1)C(=O)Nc1nnc(-c2cccc(OC)c2)s1. The number of anilines is 1. The van der Waals surface area contributed by atoms with Gasteiger partial charge in [-0.25, -0.2) is 0 Å². The fourth-order valence-electron chi connectivity index (χ4n) is 3.66. The molecule has 7 nitrogen and oxygen atoms in total. The molecular weight excluding hydrogens is 448 g/mol.